The van der Waals surface area contributed by atoms with E-state index in [1.807, 2.05) is 9.97 Å². The Labute approximate surface area is 106 Å². The average Bonchev–Trinajstić information content (AvgIpc) is 2.37. The second kappa shape index (κ2) is 5.17. The van der Waals surface area contributed by atoms with Gasteiger partial charge in [-0.2, -0.15) is 5.11 Å². The molecule has 1 heterocycles. The van der Waals surface area contributed by atoms with E-state index in [4.69, 9.17) is 4.74 Å². The first-order valence-electron chi connectivity index (χ1n) is 5.21. The van der Waals surface area contributed by atoms with Gasteiger partial charge in [0.15, 0.2) is 0 Å². The maximum absolute atomic E-state index is 11.4. The fraction of sp³-hybridized carbons (Fsp3) is 0.0909. The van der Waals surface area contributed by atoms with Crippen LogP contribution in [0.15, 0.2) is 44.1 Å². The lowest BCUT2D eigenvalue weighted by molar-refractivity contribution is 0.415. The highest BCUT2D eigenvalue weighted by molar-refractivity contribution is 5.46. The van der Waals surface area contributed by atoms with Gasteiger partial charge in [0.25, 0.3) is 5.56 Å². The highest BCUT2D eigenvalue weighted by atomic mass is 16.5. The van der Waals surface area contributed by atoms with Crippen LogP contribution in [0.5, 0.6) is 11.6 Å². The number of hydrogen-bond donors (Lipinski definition) is 3. The molecule has 2 aromatic rings. The van der Waals surface area contributed by atoms with E-state index < -0.39 is 17.1 Å². The molecule has 2 rings (SSSR count). The number of H-pyrrole nitrogens is 2. The van der Waals surface area contributed by atoms with Crippen molar-refractivity contribution in [1.29, 1.82) is 0 Å². The Balaban J connectivity index is 2.38. The van der Waals surface area contributed by atoms with Crippen LogP contribution in [0.4, 0.5) is 11.4 Å². The van der Waals surface area contributed by atoms with Crippen molar-refractivity contribution in [2.75, 3.05) is 7.11 Å². The molecular formula is C11H10N4O4. The Morgan fingerprint density at radius 2 is 2.00 bits per heavy atom. The molecule has 0 saturated heterocycles. The summed E-state index contributed by atoms with van der Waals surface area (Å²) in [5.74, 6) is -0.0588. The van der Waals surface area contributed by atoms with Crippen LogP contribution in [-0.2, 0) is 0 Å². The zero-order chi connectivity index (χ0) is 13.8. The number of aromatic nitrogens is 2. The second-order valence-corrected chi connectivity index (χ2v) is 3.51. The van der Waals surface area contributed by atoms with Crippen LogP contribution >= 0.6 is 0 Å². The molecule has 0 amide bonds. The van der Waals surface area contributed by atoms with Crippen molar-refractivity contribution in [2.45, 2.75) is 0 Å². The van der Waals surface area contributed by atoms with E-state index in [2.05, 4.69) is 10.2 Å². The molecule has 19 heavy (non-hydrogen) atoms. The van der Waals surface area contributed by atoms with Crippen molar-refractivity contribution < 1.29 is 9.84 Å². The third kappa shape index (κ3) is 2.86. The summed E-state index contributed by atoms with van der Waals surface area (Å²) in [6.45, 7) is 0. The van der Waals surface area contributed by atoms with Gasteiger partial charge >= 0.3 is 5.69 Å². The van der Waals surface area contributed by atoms with E-state index in [1.165, 1.54) is 7.11 Å². The molecule has 0 spiro atoms. The summed E-state index contributed by atoms with van der Waals surface area (Å²) < 4.78 is 5.00. The number of azo groups is 1. The molecule has 8 nitrogen and oxygen atoms in total. The Bertz CT molecular complexity index is 732. The SMILES string of the molecule is COc1cccc(N=Nc2c(O)[nH]c(=O)[nH]c2=O)c1. The van der Waals surface area contributed by atoms with Gasteiger partial charge in [0, 0.05) is 6.07 Å². The van der Waals surface area contributed by atoms with Crippen molar-refractivity contribution in [3.8, 4) is 11.6 Å². The highest BCUT2D eigenvalue weighted by Crippen LogP contribution is 2.23. The Hall–Kier alpha value is -2.90. The number of hydrogen-bond acceptors (Lipinski definition) is 6. The van der Waals surface area contributed by atoms with Crippen LogP contribution in [0.3, 0.4) is 0 Å². The smallest absolute Gasteiger partial charge is 0.328 e. The van der Waals surface area contributed by atoms with Crippen LogP contribution in [0.1, 0.15) is 0 Å². The van der Waals surface area contributed by atoms with Gasteiger partial charge in [-0.25, -0.2) is 4.79 Å². The summed E-state index contributed by atoms with van der Waals surface area (Å²) in [5.41, 5.74) is -1.58. The number of nitrogens with one attached hydrogen (secondary N) is 2. The first-order valence-corrected chi connectivity index (χ1v) is 5.21. The zero-order valence-corrected chi connectivity index (χ0v) is 9.88. The summed E-state index contributed by atoms with van der Waals surface area (Å²) >= 11 is 0. The molecule has 0 aliphatic carbocycles. The molecule has 0 aliphatic heterocycles. The third-order valence-electron chi connectivity index (χ3n) is 2.22. The van der Waals surface area contributed by atoms with Gasteiger partial charge in [-0.1, -0.05) is 6.07 Å². The molecular weight excluding hydrogens is 252 g/mol. The van der Waals surface area contributed by atoms with E-state index >= 15 is 0 Å². The second-order valence-electron chi connectivity index (χ2n) is 3.51. The van der Waals surface area contributed by atoms with Crippen LogP contribution in [0.25, 0.3) is 0 Å². The fourth-order valence-corrected chi connectivity index (χ4v) is 1.34. The maximum atomic E-state index is 11.4. The summed E-state index contributed by atoms with van der Waals surface area (Å²) in [5, 5.41) is 16.8. The van der Waals surface area contributed by atoms with Crippen molar-refractivity contribution in [2.24, 2.45) is 10.2 Å². The number of aromatic hydroxyl groups is 1. The van der Waals surface area contributed by atoms with Gasteiger partial charge in [0.1, 0.15) is 5.75 Å². The third-order valence-corrected chi connectivity index (χ3v) is 2.22. The molecule has 3 N–H and O–H groups in total. The average molecular weight is 262 g/mol. The van der Waals surface area contributed by atoms with E-state index in [1.54, 1.807) is 24.3 Å². The number of nitrogens with zero attached hydrogens (tertiary/aromatic N) is 2. The van der Waals surface area contributed by atoms with Crippen LogP contribution in [0, 0.1) is 0 Å². The summed E-state index contributed by atoms with van der Waals surface area (Å²) in [7, 11) is 1.51. The van der Waals surface area contributed by atoms with Crippen LogP contribution < -0.4 is 16.0 Å². The summed E-state index contributed by atoms with van der Waals surface area (Å²) in [6, 6.07) is 6.66. The molecule has 0 fully saturated rings. The largest absolute Gasteiger partial charge is 0.497 e. The van der Waals surface area contributed by atoms with Gasteiger partial charge in [0.2, 0.25) is 11.6 Å². The first-order chi connectivity index (χ1) is 9.10. The lowest BCUT2D eigenvalue weighted by Gasteiger charge is -1.99. The molecule has 1 aromatic carbocycles. The summed E-state index contributed by atoms with van der Waals surface area (Å²) in [6.07, 6.45) is 0. The van der Waals surface area contributed by atoms with Crippen molar-refractivity contribution in [1.82, 2.24) is 9.97 Å². The normalized spacial score (nSPS) is 10.8. The minimum atomic E-state index is -0.826. The van der Waals surface area contributed by atoms with Gasteiger partial charge in [0.05, 0.1) is 12.8 Å². The number of methoxy groups -OCH3 is 1. The molecule has 0 radical (unpaired) electrons. The minimum Gasteiger partial charge on any atom is -0.497 e. The van der Waals surface area contributed by atoms with E-state index in [9.17, 15) is 14.7 Å². The molecule has 0 bridgehead atoms. The van der Waals surface area contributed by atoms with Crippen LogP contribution in [0.2, 0.25) is 0 Å². The van der Waals surface area contributed by atoms with E-state index in [0.717, 1.165) is 0 Å². The van der Waals surface area contributed by atoms with Gasteiger partial charge < -0.3 is 9.84 Å². The predicted molar refractivity (Wildman–Crippen MR) is 66.5 cm³/mol. The molecule has 0 unspecified atom stereocenters. The number of ether oxygens (including phenoxy) is 1. The monoisotopic (exact) mass is 262 g/mol. The number of rotatable bonds is 3. The summed E-state index contributed by atoms with van der Waals surface area (Å²) in [4.78, 5) is 26.2. The predicted octanol–water partition coefficient (Wildman–Crippen LogP) is 1.19. The lowest BCUT2D eigenvalue weighted by Crippen LogP contribution is -2.20. The zero-order valence-electron chi connectivity index (χ0n) is 9.88. The molecule has 1 aromatic heterocycles. The minimum absolute atomic E-state index is 0.373. The maximum Gasteiger partial charge on any atom is 0.328 e. The first kappa shape index (κ1) is 12.6. The van der Waals surface area contributed by atoms with Crippen molar-refractivity contribution >= 4 is 11.4 Å². The van der Waals surface area contributed by atoms with E-state index in [0.29, 0.717) is 11.4 Å². The topological polar surface area (TPSA) is 120 Å². The number of benzene rings is 1. The van der Waals surface area contributed by atoms with Crippen molar-refractivity contribution in [3.05, 3.63) is 45.1 Å². The van der Waals surface area contributed by atoms with Gasteiger partial charge in [-0.3, -0.25) is 14.8 Å². The number of aromatic amines is 2. The molecule has 0 aliphatic rings. The molecule has 0 saturated carbocycles. The highest BCUT2D eigenvalue weighted by Gasteiger charge is 2.07. The van der Waals surface area contributed by atoms with Gasteiger partial charge in [-0.15, -0.1) is 5.11 Å². The Kier molecular flexibility index (Phi) is 3.42. The molecule has 8 heteroatoms. The van der Waals surface area contributed by atoms with Gasteiger partial charge in [-0.05, 0) is 12.1 Å². The molecule has 98 valence electrons. The molecule has 0 atom stereocenters. The Morgan fingerprint density at radius 1 is 1.21 bits per heavy atom. The lowest BCUT2D eigenvalue weighted by atomic mass is 10.3. The quantitative estimate of drug-likeness (QED) is 0.719. The van der Waals surface area contributed by atoms with E-state index in [-0.39, 0.29) is 5.69 Å². The van der Waals surface area contributed by atoms with Crippen molar-refractivity contribution in [3.63, 3.8) is 0 Å². The fourth-order valence-electron chi connectivity index (χ4n) is 1.34. The standard InChI is InChI=1S/C11H10N4O4/c1-19-7-4-2-3-6(5-7)14-15-8-9(16)12-11(18)13-10(8)17/h2-5H,1H3,(H3,12,13,16,17,18). The van der Waals surface area contributed by atoms with Crippen LogP contribution in [-0.4, -0.2) is 22.2 Å². The Morgan fingerprint density at radius 3 is 2.68 bits per heavy atom.